The molecule has 0 spiro atoms. The maximum Gasteiger partial charge on any atom is 0.321 e. The highest BCUT2D eigenvalue weighted by Crippen LogP contribution is 2.24. The quantitative estimate of drug-likeness (QED) is 0.604. The predicted molar refractivity (Wildman–Crippen MR) is 122 cm³/mol. The number of methoxy groups -OCH3 is 1. The molecular formula is C24H30N4O4. The molecule has 0 bridgehead atoms. The Balaban J connectivity index is 1.39. The standard InChI is InChI=1S/C24H30N4O4/c1-17(19-8-4-3-5-9-19)26-23(30)22(29)25-16-18-12-14-28(15-13-18)24(31)27-20-10-6-7-11-21(20)32-2/h3-11,17-18H,12-16H2,1-2H3,(H,25,29)(H,26,30)(H,27,31)/t17-/m1/s1. The first-order valence-corrected chi connectivity index (χ1v) is 10.8. The van der Waals surface area contributed by atoms with E-state index in [4.69, 9.17) is 4.74 Å². The van der Waals surface area contributed by atoms with Crippen LogP contribution in [0.3, 0.4) is 0 Å². The van der Waals surface area contributed by atoms with Gasteiger partial charge in [-0.1, -0.05) is 42.5 Å². The fraction of sp³-hybridized carbons (Fsp3) is 0.375. The van der Waals surface area contributed by atoms with Crippen molar-refractivity contribution >= 4 is 23.5 Å². The molecular weight excluding hydrogens is 408 g/mol. The van der Waals surface area contributed by atoms with E-state index in [-0.39, 0.29) is 18.0 Å². The Kier molecular flexibility index (Phi) is 8.08. The Hall–Kier alpha value is -3.55. The second-order valence-corrected chi connectivity index (χ2v) is 7.88. The van der Waals surface area contributed by atoms with E-state index < -0.39 is 11.8 Å². The van der Waals surface area contributed by atoms with Crippen LogP contribution in [0.2, 0.25) is 0 Å². The Morgan fingerprint density at radius 3 is 2.34 bits per heavy atom. The molecule has 3 N–H and O–H groups in total. The van der Waals surface area contributed by atoms with Crippen molar-refractivity contribution < 1.29 is 19.1 Å². The molecule has 8 heteroatoms. The average Bonchev–Trinajstić information content (AvgIpc) is 2.83. The molecule has 0 saturated carbocycles. The van der Waals surface area contributed by atoms with Gasteiger partial charge in [-0.3, -0.25) is 9.59 Å². The van der Waals surface area contributed by atoms with Crippen LogP contribution in [0, 0.1) is 5.92 Å². The number of hydrogen-bond donors (Lipinski definition) is 3. The van der Waals surface area contributed by atoms with E-state index in [1.165, 1.54) is 0 Å². The molecule has 1 aliphatic rings. The molecule has 8 nitrogen and oxygen atoms in total. The Labute approximate surface area is 188 Å². The molecule has 4 amide bonds. The largest absolute Gasteiger partial charge is 0.495 e. The molecule has 0 radical (unpaired) electrons. The maximum absolute atomic E-state index is 12.6. The molecule has 32 heavy (non-hydrogen) atoms. The number of urea groups is 1. The summed E-state index contributed by atoms with van der Waals surface area (Å²) in [5, 5.41) is 8.32. The third-order valence-electron chi connectivity index (χ3n) is 5.66. The van der Waals surface area contributed by atoms with Gasteiger partial charge in [0.05, 0.1) is 18.8 Å². The van der Waals surface area contributed by atoms with Gasteiger partial charge in [0.2, 0.25) is 0 Å². The molecule has 1 fully saturated rings. The number of amides is 4. The number of piperidine rings is 1. The predicted octanol–water partition coefficient (Wildman–Crippen LogP) is 2.93. The van der Waals surface area contributed by atoms with Gasteiger partial charge in [0.25, 0.3) is 0 Å². The van der Waals surface area contributed by atoms with Crippen LogP contribution in [0.1, 0.15) is 31.4 Å². The van der Waals surface area contributed by atoms with Crippen LogP contribution in [0.5, 0.6) is 5.75 Å². The van der Waals surface area contributed by atoms with E-state index in [1.807, 2.05) is 49.4 Å². The minimum atomic E-state index is -0.644. The topological polar surface area (TPSA) is 99.8 Å². The SMILES string of the molecule is COc1ccccc1NC(=O)N1CCC(CNC(=O)C(=O)N[C@H](C)c2ccccc2)CC1. The van der Waals surface area contributed by atoms with Crippen LogP contribution in [0.15, 0.2) is 54.6 Å². The molecule has 1 aliphatic heterocycles. The number of rotatable bonds is 6. The van der Waals surface area contributed by atoms with Crippen LogP contribution in [-0.2, 0) is 9.59 Å². The van der Waals surface area contributed by atoms with Gasteiger partial charge in [-0.05, 0) is 43.4 Å². The summed E-state index contributed by atoms with van der Waals surface area (Å²) in [7, 11) is 1.56. The van der Waals surface area contributed by atoms with E-state index in [9.17, 15) is 14.4 Å². The number of benzene rings is 2. The minimum absolute atomic E-state index is 0.175. The van der Waals surface area contributed by atoms with Crippen LogP contribution >= 0.6 is 0 Å². The molecule has 1 saturated heterocycles. The molecule has 0 aromatic heterocycles. The summed E-state index contributed by atoms with van der Waals surface area (Å²) in [5.41, 5.74) is 1.57. The summed E-state index contributed by atoms with van der Waals surface area (Å²) >= 11 is 0. The highest BCUT2D eigenvalue weighted by atomic mass is 16.5. The number of nitrogens with one attached hydrogen (secondary N) is 3. The first-order valence-electron chi connectivity index (χ1n) is 10.8. The Morgan fingerprint density at radius 2 is 1.66 bits per heavy atom. The van der Waals surface area contributed by atoms with E-state index in [2.05, 4.69) is 16.0 Å². The third-order valence-corrected chi connectivity index (χ3v) is 5.66. The molecule has 2 aromatic rings. The van der Waals surface area contributed by atoms with Gasteiger partial charge in [0.1, 0.15) is 5.75 Å². The first-order chi connectivity index (χ1) is 15.5. The summed E-state index contributed by atoms with van der Waals surface area (Å²) < 4.78 is 5.27. The number of carbonyl (C=O) groups is 3. The number of likely N-dealkylation sites (tertiary alicyclic amines) is 1. The normalized spacial score (nSPS) is 14.9. The van der Waals surface area contributed by atoms with Crippen molar-refractivity contribution in [3.05, 3.63) is 60.2 Å². The summed E-state index contributed by atoms with van der Waals surface area (Å²) in [6, 6.07) is 16.3. The summed E-state index contributed by atoms with van der Waals surface area (Å²) in [4.78, 5) is 38.7. The van der Waals surface area contributed by atoms with Crippen LogP contribution in [0.25, 0.3) is 0 Å². The summed E-state index contributed by atoms with van der Waals surface area (Å²) in [6.45, 7) is 3.41. The number of anilines is 1. The fourth-order valence-electron chi connectivity index (χ4n) is 3.69. The smallest absolute Gasteiger partial charge is 0.321 e. The minimum Gasteiger partial charge on any atom is -0.495 e. The van der Waals surface area contributed by atoms with E-state index in [0.717, 1.165) is 18.4 Å². The van der Waals surface area contributed by atoms with Gasteiger partial charge >= 0.3 is 17.8 Å². The highest BCUT2D eigenvalue weighted by molar-refractivity contribution is 6.35. The van der Waals surface area contributed by atoms with E-state index >= 15 is 0 Å². The number of nitrogens with zero attached hydrogens (tertiary/aromatic N) is 1. The first kappa shape index (κ1) is 23.1. The van der Waals surface area contributed by atoms with Gasteiger partial charge in [0, 0.05) is 19.6 Å². The monoisotopic (exact) mass is 438 g/mol. The third kappa shape index (κ3) is 6.23. The van der Waals surface area contributed by atoms with Gasteiger partial charge in [0.15, 0.2) is 0 Å². The van der Waals surface area contributed by atoms with Gasteiger partial charge in [-0.2, -0.15) is 0 Å². The molecule has 1 atom stereocenters. The maximum atomic E-state index is 12.6. The van der Waals surface area contributed by atoms with Crippen molar-refractivity contribution in [2.75, 3.05) is 32.1 Å². The number of carbonyl (C=O) groups excluding carboxylic acids is 3. The Morgan fingerprint density at radius 1 is 1.00 bits per heavy atom. The van der Waals surface area contributed by atoms with E-state index in [1.54, 1.807) is 24.1 Å². The molecule has 2 aromatic carbocycles. The van der Waals surface area contributed by atoms with Crippen LogP contribution < -0.4 is 20.7 Å². The number of hydrogen-bond acceptors (Lipinski definition) is 4. The lowest BCUT2D eigenvalue weighted by Gasteiger charge is -2.32. The van der Waals surface area contributed by atoms with Gasteiger partial charge in [-0.25, -0.2) is 4.79 Å². The van der Waals surface area contributed by atoms with Crippen molar-refractivity contribution in [2.24, 2.45) is 5.92 Å². The second kappa shape index (κ2) is 11.2. The summed E-state index contributed by atoms with van der Waals surface area (Å²) in [6.07, 6.45) is 1.50. The van der Waals surface area contributed by atoms with Crippen LogP contribution in [0.4, 0.5) is 10.5 Å². The van der Waals surface area contributed by atoms with Crippen LogP contribution in [-0.4, -0.2) is 49.5 Å². The lowest BCUT2D eigenvalue weighted by molar-refractivity contribution is -0.139. The lowest BCUT2D eigenvalue weighted by atomic mass is 9.97. The van der Waals surface area contributed by atoms with Crippen molar-refractivity contribution in [3.8, 4) is 5.75 Å². The number of para-hydroxylation sites is 2. The lowest BCUT2D eigenvalue weighted by Crippen LogP contribution is -2.46. The molecule has 0 aliphatic carbocycles. The second-order valence-electron chi connectivity index (χ2n) is 7.88. The molecule has 0 unspecified atom stereocenters. The molecule has 170 valence electrons. The molecule has 1 heterocycles. The van der Waals surface area contributed by atoms with Crippen molar-refractivity contribution in [2.45, 2.75) is 25.8 Å². The summed E-state index contributed by atoms with van der Waals surface area (Å²) in [5.74, 6) is -0.453. The zero-order valence-electron chi connectivity index (χ0n) is 18.5. The zero-order chi connectivity index (χ0) is 22.9. The van der Waals surface area contributed by atoms with Crippen molar-refractivity contribution in [3.63, 3.8) is 0 Å². The Bertz CT molecular complexity index is 927. The van der Waals surface area contributed by atoms with Crippen molar-refractivity contribution in [1.29, 1.82) is 0 Å². The average molecular weight is 439 g/mol. The van der Waals surface area contributed by atoms with E-state index in [0.29, 0.717) is 31.1 Å². The zero-order valence-corrected chi connectivity index (χ0v) is 18.5. The van der Waals surface area contributed by atoms with Gasteiger partial charge in [-0.15, -0.1) is 0 Å². The highest BCUT2D eigenvalue weighted by Gasteiger charge is 2.25. The number of ether oxygens (including phenoxy) is 1. The molecule has 3 rings (SSSR count). The fourth-order valence-corrected chi connectivity index (χ4v) is 3.69. The van der Waals surface area contributed by atoms with Crippen molar-refractivity contribution in [1.82, 2.24) is 15.5 Å². The van der Waals surface area contributed by atoms with Gasteiger partial charge < -0.3 is 25.6 Å².